The van der Waals surface area contributed by atoms with Gasteiger partial charge in [-0.3, -0.25) is 14.8 Å². The fourth-order valence-electron chi connectivity index (χ4n) is 5.49. The number of carbonyl (C=O) groups is 2. The Balaban J connectivity index is 1.37. The van der Waals surface area contributed by atoms with Crippen LogP contribution in [-0.4, -0.2) is 70.0 Å². The van der Waals surface area contributed by atoms with Gasteiger partial charge < -0.3 is 25.5 Å². The molecule has 3 aliphatic rings. The minimum atomic E-state index is -0.972. The zero-order valence-corrected chi connectivity index (χ0v) is 18.5. The van der Waals surface area contributed by atoms with E-state index in [2.05, 4.69) is 15.7 Å². The molecule has 6 atom stereocenters. The summed E-state index contributed by atoms with van der Waals surface area (Å²) in [5.41, 5.74) is 3.10. The van der Waals surface area contributed by atoms with Gasteiger partial charge in [0, 0.05) is 12.1 Å². The van der Waals surface area contributed by atoms with Gasteiger partial charge in [0.15, 0.2) is 0 Å². The summed E-state index contributed by atoms with van der Waals surface area (Å²) in [6.07, 6.45) is 5.28. The van der Waals surface area contributed by atoms with Crippen LogP contribution >= 0.6 is 0 Å². The van der Waals surface area contributed by atoms with Crippen LogP contribution in [0, 0.1) is 23.7 Å². The molecular formula is C22H38N2O8. The topological polar surface area (TPSA) is 158 Å². The number of aliphatic carboxylic acids is 1. The Hall–Kier alpha value is -1.30. The van der Waals surface area contributed by atoms with Crippen molar-refractivity contribution in [2.75, 3.05) is 13.2 Å². The molecule has 3 rings (SSSR count). The maximum atomic E-state index is 12.7. The molecule has 6 N–H and O–H groups in total. The van der Waals surface area contributed by atoms with E-state index >= 15 is 0 Å². The van der Waals surface area contributed by atoms with Crippen molar-refractivity contribution in [2.45, 2.75) is 88.5 Å². The van der Waals surface area contributed by atoms with Crippen LogP contribution in [0.25, 0.3) is 0 Å². The number of rotatable bonds is 9. The Bertz CT molecular complexity index is 613. The van der Waals surface area contributed by atoms with E-state index in [0.717, 1.165) is 32.1 Å². The van der Waals surface area contributed by atoms with Gasteiger partial charge in [-0.05, 0) is 76.0 Å². The number of amides is 1. The summed E-state index contributed by atoms with van der Waals surface area (Å²) in [6, 6.07) is 0.154. The predicted octanol–water partition coefficient (Wildman–Crippen LogP) is 1.06. The van der Waals surface area contributed by atoms with Gasteiger partial charge in [-0.1, -0.05) is 0 Å². The molecule has 3 fully saturated rings. The van der Waals surface area contributed by atoms with E-state index in [9.17, 15) is 24.9 Å². The van der Waals surface area contributed by atoms with Crippen molar-refractivity contribution in [1.29, 1.82) is 0 Å². The van der Waals surface area contributed by atoms with Crippen LogP contribution in [0.2, 0.25) is 0 Å². The third-order valence-corrected chi connectivity index (χ3v) is 7.50. The first-order valence-electron chi connectivity index (χ1n) is 11.9. The number of carbonyl (C=O) groups excluding carboxylic acids is 1. The standard InChI is InChI=1S/C22H38N2O8/c25-17-6-1-13(12-32-30)14(9-17)11-31-24-16-4-2-15(3-5-16)23-21(27)20-10-18(26)7-8-19(20)22(28)29/h13-20,24-26,30H,1-12H2,(H,23,27)(H,28,29). The lowest BCUT2D eigenvalue weighted by atomic mass is 9.77. The molecule has 3 aliphatic carbocycles. The maximum absolute atomic E-state index is 12.7. The maximum Gasteiger partial charge on any atom is 0.307 e. The first kappa shape index (κ1) is 25.3. The minimum absolute atomic E-state index is 0.00589. The number of aliphatic hydroxyl groups excluding tert-OH is 2. The highest BCUT2D eigenvalue weighted by molar-refractivity contribution is 5.85. The van der Waals surface area contributed by atoms with Gasteiger partial charge in [-0.25, -0.2) is 4.89 Å². The van der Waals surface area contributed by atoms with Gasteiger partial charge in [0.05, 0.1) is 37.3 Å². The summed E-state index contributed by atoms with van der Waals surface area (Å²) in [4.78, 5) is 34.2. The van der Waals surface area contributed by atoms with Crippen LogP contribution < -0.4 is 10.8 Å². The fraction of sp³-hybridized carbons (Fsp3) is 0.909. The molecule has 6 unspecified atom stereocenters. The Morgan fingerprint density at radius 2 is 1.44 bits per heavy atom. The highest BCUT2D eigenvalue weighted by atomic mass is 17.1. The van der Waals surface area contributed by atoms with Gasteiger partial charge in [-0.15, -0.1) is 0 Å². The van der Waals surface area contributed by atoms with Crippen molar-refractivity contribution in [1.82, 2.24) is 10.8 Å². The molecule has 0 aromatic heterocycles. The Morgan fingerprint density at radius 1 is 0.781 bits per heavy atom. The van der Waals surface area contributed by atoms with Crippen LogP contribution in [0.4, 0.5) is 0 Å². The number of aliphatic hydroxyl groups is 2. The highest BCUT2D eigenvalue weighted by Gasteiger charge is 2.39. The second kappa shape index (κ2) is 12.2. The molecule has 10 nitrogen and oxygen atoms in total. The number of hydrogen-bond acceptors (Lipinski definition) is 8. The first-order valence-corrected chi connectivity index (χ1v) is 11.9. The predicted molar refractivity (Wildman–Crippen MR) is 113 cm³/mol. The molecule has 10 heteroatoms. The van der Waals surface area contributed by atoms with E-state index in [4.69, 9.17) is 10.1 Å². The number of nitrogens with one attached hydrogen (secondary N) is 2. The summed E-state index contributed by atoms with van der Waals surface area (Å²) in [5.74, 6) is -2.39. The molecule has 0 bridgehead atoms. The second-order valence-corrected chi connectivity index (χ2v) is 9.79. The van der Waals surface area contributed by atoms with Crippen LogP contribution in [0.1, 0.15) is 64.2 Å². The van der Waals surface area contributed by atoms with Gasteiger partial charge >= 0.3 is 5.97 Å². The molecule has 0 heterocycles. The third-order valence-electron chi connectivity index (χ3n) is 7.50. The van der Waals surface area contributed by atoms with E-state index in [-0.39, 0.29) is 49.0 Å². The molecular weight excluding hydrogens is 420 g/mol. The molecule has 0 radical (unpaired) electrons. The monoisotopic (exact) mass is 458 g/mol. The van der Waals surface area contributed by atoms with Gasteiger partial charge in [0.2, 0.25) is 5.91 Å². The molecule has 0 aromatic carbocycles. The fourth-order valence-corrected chi connectivity index (χ4v) is 5.49. The SMILES string of the molecule is O=C(O)C1CCC(O)CC1C(=O)NC1CCC(NOCC2CC(O)CCC2COO)CC1. The Kier molecular flexibility index (Phi) is 9.69. The largest absolute Gasteiger partial charge is 0.481 e. The highest BCUT2D eigenvalue weighted by Crippen LogP contribution is 2.32. The average molecular weight is 459 g/mol. The van der Waals surface area contributed by atoms with E-state index in [0.29, 0.717) is 32.3 Å². The van der Waals surface area contributed by atoms with Crippen molar-refractivity contribution in [3.63, 3.8) is 0 Å². The number of carboxylic acids is 1. The molecule has 0 aromatic rings. The summed E-state index contributed by atoms with van der Waals surface area (Å²) in [7, 11) is 0. The van der Waals surface area contributed by atoms with Crippen molar-refractivity contribution < 1.29 is 39.9 Å². The average Bonchev–Trinajstić information content (AvgIpc) is 2.76. The lowest BCUT2D eigenvalue weighted by molar-refractivity contribution is -0.258. The molecule has 184 valence electrons. The molecule has 3 saturated carbocycles. The van der Waals surface area contributed by atoms with E-state index in [1.54, 1.807) is 0 Å². The van der Waals surface area contributed by atoms with Crippen LogP contribution in [0.15, 0.2) is 0 Å². The minimum Gasteiger partial charge on any atom is -0.481 e. The smallest absolute Gasteiger partial charge is 0.307 e. The molecule has 1 amide bonds. The van der Waals surface area contributed by atoms with Crippen LogP contribution in [-0.2, 0) is 19.3 Å². The number of carboxylic acid groups (broad SMARTS) is 1. The Morgan fingerprint density at radius 3 is 2.12 bits per heavy atom. The van der Waals surface area contributed by atoms with Crippen LogP contribution in [0.5, 0.6) is 0 Å². The van der Waals surface area contributed by atoms with E-state index < -0.39 is 23.9 Å². The van der Waals surface area contributed by atoms with E-state index in [1.165, 1.54) is 0 Å². The second-order valence-electron chi connectivity index (χ2n) is 9.79. The van der Waals surface area contributed by atoms with Crippen molar-refractivity contribution in [3.05, 3.63) is 0 Å². The third kappa shape index (κ3) is 7.10. The van der Waals surface area contributed by atoms with Crippen molar-refractivity contribution >= 4 is 11.9 Å². The number of hydroxylamine groups is 1. The number of hydrogen-bond donors (Lipinski definition) is 6. The molecule has 0 aliphatic heterocycles. The zero-order valence-electron chi connectivity index (χ0n) is 18.5. The van der Waals surface area contributed by atoms with Crippen molar-refractivity contribution in [2.24, 2.45) is 23.7 Å². The summed E-state index contributed by atoms with van der Waals surface area (Å²) < 4.78 is 0. The van der Waals surface area contributed by atoms with Crippen molar-refractivity contribution in [3.8, 4) is 0 Å². The molecule has 0 saturated heterocycles. The summed E-state index contributed by atoms with van der Waals surface area (Å²) >= 11 is 0. The lowest BCUT2D eigenvalue weighted by Gasteiger charge is -2.35. The Labute approximate surface area is 188 Å². The molecule has 32 heavy (non-hydrogen) atoms. The molecule has 0 spiro atoms. The van der Waals surface area contributed by atoms with E-state index in [1.807, 2.05) is 0 Å². The van der Waals surface area contributed by atoms with Gasteiger partial charge in [-0.2, -0.15) is 5.48 Å². The van der Waals surface area contributed by atoms with Gasteiger partial charge in [0.1, 0.15) is 0 Å². The van der Waals surface area contributed by atoms with Gasteiger partial charge in [0.25, 0.3) is 0 Å². The summed E-state index contributed by atoms with van der Waals surface area (Å²) in [5, 5.41) is 41.0. The normalized spacial score (nSPS) is 38.2. The van der Waals surface area contributed by atoms with Crippen LogP contribution in [0.3, 0.4) is 0 Å². The summed E-state index contributed by atoms with van der Waals surface area (Å²) in [6.45, 7) is 0.675. The quantitative estimate of drug-likeness (QED) is 0.219. The lowest BCUT2D eigenvalue weighted by Crippen LogP contribution is -2.48. The first-order chi connectivity index (χ1) is 15.4. The zero-order chi connectivity index (χ0) is 23.1.